The van der Waals surface area contributed by atoms with E-state index in [1.54, 1.807) is 24.4 Å². The number of nitrogens with one attached hydrogen (secondary N) is 2. The Labute approximate surface area is 207 Å². The number of benzene rings is 1. The molecule has 1 aliphatic heterocycles. The zero-order valence-electron chi connectivity index (χ0n) is 18.7. The van der Waals surface area contributed by atoms with Gasteiger partial charge in [0.2, 0.25) is 11.8 Å². The number of hydrogen-bond acceptors (Lipinski definition) is 7. The molecule has 0 radical (unpaired) electrons. The molecule has 0 bridgehead atoms. The van der Waals surface area contributed by atoms with Crippen LogP contribution >= 0.6 is 23.2 Å². The molecule has 1 saturated carbocycles. The van der Waals surface area contributed by atoms with E-state index in [1.165, 1.54) is 6.20 Å². The van der Waals surface area contributed by atoms with Crippen molar-refractivity contribution in [3.8, 4) is 5.88 Å². The van der Waals surface area contributed by atoms with E-state index in [2.05, 4.69) is 37.6 Å². The lowest BCUT2D eigenvalue weighted by atomic mass is 10.1. The van der Waals surface area contributed by atoms with E-state index in [9.17, 15) is 4.79 Å². The van der Waals surface area contributed by atoms with E-state index in [-0.39, 0.29) is 17.5 Å². The summed E-state index contributed by atoms with van der Waals surface area (Å²) < 4.78 is 7.91. The second-order valence-electron chi connectivity index (χ2n) is 8.65. The number of aromatic nitrogens is 4. The number of hydrogen-bond donors (Lipinski definition) is 2. The number of nitrogens with zero attached hydrogens (tertiary/aromatic N) is 5. The predicted molar refractivity (Wildman–Crippen MR) is 131 cm³/mol. The standard InChI is InChI=1S/C23H25Cl2N7O2/c1-31-9-7-15(8-10-31)32-13-14(11-27-32)28-23-26-12-17(22(30-23)34-16-5-6-16)21(33)29-20-18(24)3-2-4-19(20)25/h2-4,11-13,15-16H,5-10H2,1H3,(H,29,33)(H,26,28,30). The van der Waals surface area contributed by atoms with Crippen LogP contribution in [0.3, 0.4) is 0 Å². The van der Waals surface area contributed by atoms with Crippen LogP contribution in [-0.2, 0) is 0 Å². The summed E-state index contributed by atoms with van der Waals surface area (Å²) in [5, 5.41) is 11.1. The van der Waals surface area contributed by atoms with Crippen molar-refractivity contribution in [2.24, 2.45) is 0 Å². The minimum Gasteiger partial charge on any atom is -0.474 e. The second-order valence-corrected chi connectivity index (χ2v) is 9.46. The molecule has 34 heavy (non-hydrogen) atoms. The van der Waals surface area contributed by atoms with Crippen molar-refractivity contribution in [1.82, 2.24) is 24.6 Å². The number of para-hydroxylation sites is 1. The highest BCUT2D eigenvalue weighted by atomic mass is 35.5. The first kappa shape index (κ1) is 22.9. The monoisotopic (exact) mass is 501 g/mol. The molecule has 0 spiro atoms. The molecule has 178 valence electrons. The third kappa shape index (κ3) is 5.27. The molecule has 1 saturated heterocycles. The topological polar surface area (TPSA) is 97.2 Å². The fourth-order valence-electron chi connectivity index (χ4n) is 3.80. The average molecular weight is 502 g/mol. The van der Waals surface area contributed by atoms with E-state index in [0.29, 0.717) is 27.7 Å². The Balaban J connectivity index is 1.33. The molecule has 1 aliphatic carbocycles. The maximum atomic E-state index is 13.0. The van der Waals surface area contributed by atoms with E-state index in [1.807, 2.05) is 10.9 Å². The number of rotatable bonds is 7. The van der Waals surface area contributed by atoms with E-state index in [4.69, 9.17) is 27.9 Å². The highest BCUT2D eigenvalue weighted by Crippen LogP contribution is 2.33. The van der Waals surface area contributed by atoms with Gasteiger partial charge in [0.25, 0.3) is 5.91 Å². The number of anilines is 3. The summed E-state index contributed by atoms with van der Waals surface area (Å²) in [7, 11) is 2.14. The largest absolute Gasteiger partial charge is 0.474 e. The van der Waals surface area contributed by atoms with Gasteiger partial charge in [-0.1, -0.05) is 29.3 Å². The van der Waals surface area contributed by atoms with Gasteiger partial charge < -0.3 is 20.3 Å². The Morgan fingerprint density at radius 2 is 1.85 bits per heavy atom. The lowest BCUT2D eigenvalue weighted by Crippen LogP contribution is -2.31. The van der Waals surface area contributed by atoms with Crippen molar-refractivity contribution in [2.45, 2.75) is 37.8 Å². The number of amides is 1. The summed E-state index contributed by atoms with van der Waals surface area (Å²) in [6.07, 6.45) is 9.17. The summed E-state index contributed by atoms with van der Waals surface area (Å²) in [6.45, 7) is 2.11. The molecule has 3 aromatic rings. The molecular formula is C23H25Cl2N7O2. The molecule has 2 aromatic heterocycles. The van der Waals surface area contributed by atoms with Crippen molar-refractivity contribution >= 4 is 46.4 Å². The molecule has 1 aromatic carbocycles. The lowest BCUT2D eigenvalue weighted by Gasteiger charge is -2.28. The third-order valence-corrected chi connectivity index (χ3v) is 6.55. The predicted octanol–water partition coefficient (Wildman–Crippen LogP) is 4.78. The number of halogens is 2. The second kappa shape index (κ2) is 9.77. The Hall–Kier alpha value is -2.88. The number of piperidine rings is 1. The number of carbonyl (C=O) groups excluding carboxylic acids is 1. The van der Waals surface area contributed by atoms with Crippen molar-refractivity contribution in [2.75, 3.05) is 30.8 Å². The van der Waals surface area contributed by atoms with Crippen LogP contribution in [0.5, 0.6) is 5.88 Å². The summed E-state index contributed by atoms with van der Waals surface area (Å²) in [5.74, 6) is 0.0848. The maximum Gasteiger partial charge on any atom is 0.262 e. The fraction of sp³-hybridized carbons (Fsp3) is 0.391. The van der Waals surface area contributed by atoms with Crippen molar-refractivity contribution in [3.05, 3.63) is 52.4 Å². The first-order valence-corrected chi connectivity index (χ1v) is 12.0. The fourth-order valence-corrected chi connectivity index (χ4v) is 4.30. The van der Waals surface area contributed by atoms with Gasteiger partial charge >= 0.3 is 0 Å². The van der Waals surface area contributed by atoms with Gasteiger partial charge in [0.1, 0.15) is 11.7 Å². The van der Waals surface area contributed by atoms with Gasteiger partial charge in [-0.3, -0.25) is 9.48 Å². The summed E-state index contributed by atoms with van der Waals surface area (Å²) in [6, 6.07) is 5.39. The lowest BCUT2D eigenvalue weighted by molar-refractivity contribution is 0.102. The van der Waals surface area contributed by atoms with Gasteiger partial charge in [-0.2, -0.15) is 10.1 Å². The number of carbonyl (C=O) groups is 1. The quantitative estimate of drug-likeness (QED) is 0.480. The Kier molecular flexibility index (Phi) is 6.58. The minimum atomic E-state index is -0.452. The zero-order valence-corrected chi connectivity index (χ0v) is 20.2. The van der Waals surface area contributed by atoms with Crippen LogP contribution < -0.4 is 15.4 Å². The van der Waals surface area contributed by atoms with Crippen LogP contribution in [0.15, 0.2) is 36.8 Å². The van der Waals surface area contributed by atoms with Crippen molar-refractivity contribution < 1.29 is 9.53 Å². The molecule has 1 amide bonds. The van der Waals surface area contributed by atoms with Crippen molar-refractivity contribution in [1.29, 1.82) is 0 Å². The molecule has 2 N–H and O–H groups in total. The van der Waals surface area contributed by atoms with Gasteiger partial charge in [-0.05, 0) is 58.0 Å². The Morgan fingerprint density at radius 3 is 2.56 bits per heavy atom. The summed E-state index contributed by atoms with van der Waals surface area (Å²) in [5.41, 5.74) is 1.31. The van der Waals surface area contributed by atoms with E-state index >= 15 is 0 Å². The molecule has 3 heterocycles. The highest BCUT2D eigenvalue weighted by Gasteiger charge is 2.28. The van der Waals surface area contributed by atoms with Crippen LogP contribution in [0, 0.1) is 0 Å². The van der Waals surface area contributed by atoms with Gasteiger partial charge in [-0.15, -0.1) is 0 Å². The van der Waals surface area contributed by atoms with E-state index < -0.39 is 5.91 Å². The average Bonchev–Trinajstić information content (AvgIpc) is 3.52. The third-order valence-electron chi connectivity index (χ3n) is 5.92. The first-order valence-electron chi connectivity index (χ1n) is 11.2. The van der Waals surface area contributed by atoms with Crippen LogP contribution in [0.2, 0.25) is 10.0 Å². The molecular weight excluding hydrogens is 477 g/mol. The van der Waals surface area contributed by atoms with Crippen molar-refractivity contribution in [3.63, 3.8) is 0 Å². The molecule has 5 rings (SSSR count). The molecule has 2 aliphatic rings. The van der Waals surface area contributed by atoms with E-state index in [0.717, 1.165) is 44.5 Å². The number of likely N-dealkylation sites (tertiary alicyclic amines) is 1. The van der Waals surface area contributed by atoms with Gasteiger partial charge in [0.15, 0.2) is 0 Å². The maximum absolute atomic E-state index is 13.0. The first-order chi connectivity index (χ1) is 16.5. The minimum absolute atomic E-state index is 0.0467. The number of ether oxygens (including phenoxy) is 1. The molecule has 0 unspecified atom stereocenters. The van der Waals surface area contributed by atoms with Gasteiger partial charge in [-0.25, -0.2) is 4.98 Å². The van der Waals surface area contributed by atoms with Gasteiger partial charge in [0.05, 0.1) is 33.7 Å². The molecule has 0 atom stereocenters. The van der Waals surface area contributed by atoms with Crippen LogP contribution in [0.1, 0.15) is 42.1 Å². The van der Waals surface area contributed by atoms with Crippen LogP contribution in [0.4, 0.5) is 17.3 Å². The zero-order chi connectivity index (χ0) is 23.7. The molecule has 11 heteroatoms. The highest BCUT2D eigenvalue weighted by molar-refractivity contribution is 6.40. The summed E-state index contributed by atoms with van der Waals surface area (Å²) >= 11 is 12.4. The SMILES string of the molecule is CN1CCC(n2cc(Nc3ncc(C(=O)Nc4c(Cl)cccc4Cl)c(OC4CC4)n3)cn2)CC1. The summed E-state index contributed by atoms with van der Waals surface area (Å²) in [4.78, 5) is 24.1. The van der Waals surface area contributed by atoms with Crippen LogP contribution in [-0.4, -0.2) is 56.8 Å². The van der Waals surface area contributed by atoms with Gasteiger partial charge in [0, 0.05) is 12.4 Å². The van der Waals surface area contributed by atoms with Crippen LogP contribution in [0.25, 0.3) is 0 Å². The molecule has 2 fully saturated rings. The smallest absolute Gasteiger partial charge is 0.262 e. The molecule has 9 nitrogen and oxygen atoms in total. The Morgan fingerprint density at radius 1 is 1.12 bits per heavy atom. The normalized spacial score (nSPS) is 16.9. The Bertz CT molecular complexity index is 1170.